The van der Waals surface area contributed by atoms with Gasteiger partial charge in [0, 0.05) is 18.7 Å². The summed E-state index contributed by atoms with van der Waals surface area (Å²) < 4.78 is 27.1. The number of fused-ring (bicyclic) bond motifs is 1. The molecule has 2 aromatic carbocycles. The number of hydrogen-bond donors (Lipinski definition) is 0. The number of benzene rings is 2. The summed E-state index contributed by atoms with van der Waals surface area (Å²) in [5, 5.41) is 0. The van der Waals surface area contributed by atoms with Crippen molar-refractivity contribution in [2.45, 2.75) is 12.8 Å². The van der Waals surface area contributed by atoms with Gasteiger partial charge < -0.3 is 28.6 Å². The van der Waals surface area contributed by atoms with Gasteiger partial charge in [0.15, 0.2) is 35.3 Å². The Bertz CT molecular complexity index is 1170. The van der Waals surface area contributed by atoms with E-state index in [4.69, 9.17) is 23.7 Å². The lowest BCUT2D eigenvalue weighted by molar-refractivity contribution is -0.132. The minimum Gasteiger partial charge on any atom is -0.493 e. The molecule has 1 amide bonds. The molecule has 0 atom stereocenters. The molecule has 170 valence electrons. The molecule has 3 heterocycles. The Kier molecular flexibility index (Phi) is 5.60. The Hall–Kier alpha value is -4.01. The predicted molar refractivity (Wildman–Crippen MR) is 117 cm³/mol. The molecule has 0 spiro atoms. The first kappa shape index (κ1) is 20.9. The molecular weight excluding hydrogens is 428 g/mol. The van der Waals surface area contributed by atoms with Crippen molar-refractivity contribution >= 4 is 23.9 Å². The predicted octanol–water partition coefficient (Wildman–Crippen LogP) is 2.77. The maximum Gasteiger partial charge on any atom is 0.363 e. The highest BCUT2D eigenvalue weighted by atomic mass is 16.7. The van der Waals surface area contributed by atoms with E-state index in [1.54, 1.807) is 47.4 Å². The summed E-state index contributed by atoms with van der Waals surface area (Å²) in [5.74, 6) is 1.70. The van der Waals surface area contributed by atoms with Crippen molar-refractivity contribution in [2.75, 3.05) is 33.6 Å². The fourth-order valence-electron chi connectivity index (χ4n) is 3.81. The van der Waals surface area contributed by atoms with Crippen LogP contribution in [-0.2, 0) is 14.3 Å². The van der Waals surface area contributed by atoms with Gasteiger partial charge in [0.25, 0.3) is 5.91 Å². The van der Waals surface area contributed by atoms with Gasteiger partial charge in [-0.3, -0.25) is 4.79 Å². The van der Waals surface area contributed by atoms with Crippen LogP contribution in [0.3, 0.4) is 0 Å². The van der Waals surface area contributed by atoms with Crippen LogP contribution in [0, 0.1) is 0 Å². The summed E-state index contributed by atoms with van der Waals surface area (Å²) in [5.41, 5.74) is 1.44. The van der Waals surface area contributed by atoms with E-state index in [9.17, 15) is 9.59 Å². The number of cyclic esters (lactones) is 1. The highest BCUT2D eigenvalue weighted by molar-refractivity contribution is 6.13. The van der Waals surface area contributed by atoms with Crippen LogP contribution in [0.15, 0.2) is 47.1 Å². The molecule has 1 saturated heterocycles. The zero-order valence-corrected chi connectivity index (χ0v) is 18.0. The molecule has 5 rings (SSSR count). The van der Waals surface area contributed by atoms with Crippen molar-refractivity contribution in [3.63, 3.8) is 0 Å². The van der Waals surface area contributed by atoms with Gasteiger partial charge in [-0.1, -0.05) is 6.07 Å². The van der Waals surface area contributed by atoms with Crippen molar-refractivity contribution in [3.05, 3.63) is 53.2 Å². The monoisotopic (exact) mass is 450 g/mol. The topological polar surface area (TPSA) is 95.9 Å². The number of carbonyl (C=O) groups is 2. The maximum atomic E-state index is 12.4. The van der Waals surface area contributed by atoms with E-state index >= 15 is 0 Å². The van der Waals surface area contributed by atoms with Crippen molar-refractivity contribution in [1.82, 2.24) is 4.90 Å². The van der Waals surface area contributed by atoms with Crippen molar-refractivity contribution in [2.24, 2.45) is 4.99 Å². The zero-order chi connectivity index (χ0) is 22.8. The second-order valence-corrected chi connectivity index (χ2v) is 7.69. The molecule has 3 aliphatic rings. The van der Waals surface area contributed by atoms with Crippen LogP contribution < -0.4 is 18.9 Å². The molecule has 0 aromatic heterocycles. The number of aliphatic imine (C=N–C) groups is 1. The van der Waals surface area contributed by atoms with Crippen LogP contribution in [0.5, 0.6) is 23.0 Å². The van der Waals surface area contributed by atoms with Gasteiger partial charge in [-0.25, -0.2) is 9.79 Å². The molecule has 3 aliphatic heterocycles. The van der Waals surface area contributed by atoms with Crippen molar-refractivity contribution in [3.8, 4) is 23.0 Å². The first-order chi connectivity index (χ1) is 16.1. The van der Waals surface area contributed by atoms with Crippen LogP contribution in [0.1, 0.15) is 24.0 Å². The fourth-order valence-corrected chi connectivity index (χ4v) is 3.81. The molecular formula is C24H22N2O7. The van der Waals surface area contributed by atoms with Gasteiger partial charge >= 0.3 is 5.97 Å². The third kappa shape index (κ3) is 4.34. The van der Waals surface area contributed by atoms with Gasteiger partial charge in [0.05, 0.1) is 7.11 Å². The van der Waals surface area contributed by atoms with E-state index in [0.717, 1.165) is 25.9 Å². The number of rotatable bonds is 6. The van der Waals surface area contributed by atoms with Crippen LogP contribution in [0.25, 0.3) is 6.08 Å². The van der Waals surface area contributed by atoms with Crippen LogP contribution in [0.4, 0.5) is 0 Å². The summed E-state index contributed by atoms with van der Waals surface area (Å²) >= 11 is 0. The zero-order valence-electron chi connectivity index (χ0n) is 18.0. The summed E-state index contributed by atoms with van der Waals surface area (Å²) in [6.45, 7) is 1.66. The number of amides is 1. The Morgan fingerprint density at radius 2 is 1.91 bits per heavy atom. The number of methoxy groups -OCH3 is 1. The summed E-state index contributed by atoms with van der Waals surface area (Å²) in [6.07, 6.45) is 3.66. The summed E-state index contributed by atoms with van der Waals surface area (Å²) in [4.78, 5) is 30.7. The molecule has 33 heavy (non-hydrogen) atoms. The second kappa shape index (κ2) is 8.85. The van der Waals surface area contributed by atoms with Gasteiger partial charge in [0.1, 0.15) is 0 Å². The standard InChI is InChI=1S/C24H22N2O7/c1-29-20-11-15(4-6-18(20)30-13-22(27)26-8-2-3-9-26)10-17-24(28)33-23(25-17)16-5-7-19-21(12-16)32-14-31-19/h4-7,10-12H,2-3,8-9,13-14H2,1H3. The van der Waals surface area contributed by atoms with Crippen molar-refractivity contribution in [1.29, 1.82) is 0 Å². The maximum absolute atomic E-state index is 12.4. The molecule has 0 bridgehead atoms. The molecule has 9 nitrogen and oxygen atoms in total. The minimum atomic E-state index is -0.557. The largest absolute Gasteiger partial charge is 0.493 e. The highest BCUT2D eigenvalue weighted by Gasteiger charge is 2.26. The van der Waals surface area contributed by atoms with E-state index in [1.807, 2.05) is 0 Å². The molecule has 0 unspecified atom stereocenters. The average Bonchev–Trinajstić information content (AvgIpc) is 3.59. The molecule has 9 heteroatoms. The van der Waals surface area contributed by atoms with Crippen LogP contribution in [0.2, 0.25) is 0 Å². The number of likely N-dealkylation sites (tertiary alicyclic amines) is 1. The van der Waals surface area contributed by atoms with E-state index in [0.29, 0.717) is 34.1 Å². The van der Waals surface area contributed by atoms with E-state index in [-0.39, 0.29) is 30.9 Å². The fraction of sp³-hybridized carbons (Fsp3) is 0.292. The molecule has 2 aromatic rings. The van der Waals surface area contributed by atoms with Gasteiger partial charge in [0.2, 0.25) is 12.7 Å². The molecule has 1 fully saturated rings. The second-order valence-electron chi connectivity index (χ2n) is 7.69. The van der Waals surface area contributed by atoms with Crippen molar-refractivity contribution < 1.29 is 33.3 Å². The molecule has 0 radical (unpaired) electrons. The lowest BCUT2D eigenvalue weighted by Gasteiger charge is -2.16. The normalized spacial score (nSPS) is 17.8. The Morgan fingerprint density at radius 3 is 2.73 bits per heavy atom. The molecule has 0 saturated carbocycles. The number of ether oxygens (including phenoxy) is 5. The first-order valence-corrected chi connectivity index (χ1v) is 10.6. The smallest absolute Gasteiger partial charge is 0.363 e. The van der Waals surface area contributed by atoms with Gasteiger partial charge in [-0.2, -0.15) is 0 Å². The number of esters is 1. The van der Waals surface area contributed by atoms with Gasteiger partial charge in [-0.05, 0) is 54.8 Å². The Labute approximate surface area is 190 Å². The lowest BCUT2D eigenvalue weighted by Crippen LogP contribution is -2.32. The SMILES string of the molecule is COc1cc(C=C2N=C(c3ccc4c(c3)OCO4)OC2=O)ccc1OCC(=O)N1CCCC1. The molecule has 0 N–H and O–H groups in total. The van der Waals surface area contributed by atoms with Crippen LogP contribution >= 0.6 is 0 Å². The summed E-state index contributed by atoms with van der Waals surface area (Å²) in [6, 6.07) is 10.4. The summed E-state index contributed by atoms with van der Waals surface area (Å²) in [7, 11) is 1.52. The van der Waals surface area contributed by atoms with Gasteiger partial charge in [-0.15, -0.1) is 0 Å². The third-order valence-electron chi connectivity index (χ3n) is 5.54. The van der Waals surface area contributed by atoms with E-state index in [2.05, 4.69) is 4.99 Å². The number of carbonyl (C=O) groups excluding carboxylic acids is 2. The first-order valence-electron chi connectivity index (χ1n) is 10.6. The Morgan fingerprint density at radius 1 is 1.09 bits per heavy atom. The highest BCUT2D eigenvalue weighted by Crippen LogP contribution is 2.34. The minimum absolute atomic E-state index is 0.0418. The third-order valence-corrected chi connectivity index (χ3v) is 5.54. The lowest BCUT2D eigenvalue weighted by atomic mass is 10.1. The van der Waals surface area contributed by atoms with E-state index < -0.39 is 5.97 Å². The van der Waals surface area contributed by atoms with Crippen LogP contribution in [-0.4, -0.2) is 56.3 Å². The molecule has 0 aliphatic carbocycles. The van der Waals surface area contributed by atoms with E-state index in [1.165, 1.54) is 7.11 Å². The quantitative estimate of drug-likeness (QED) is 0.493. The average molecular weight is 450 g/mol. The Balaban J connectivity index is 1.32. The number of nitrogens with zero attached hydrogens (tertiary/aromatic N) is 2. The number of hydrogen-bond acceptors (Lipinski definition) is 8.